The number of allylic oxidation sites excluding steroid dienone is 2. The Balaban J connectivity index is 1.17. The number of rotatable bonds is 14. The molecule has 39 heavy (non-hydrogen) atoms. The van der Waals surface area contributed by atoms with Crippen LogP contribution in [0.15, 0.2) is 71.8 Å². The third kappa shape index (κ3) is 8.94. The molecule has 212 valence electrons. The van der Waals surface area contributed by atoms with Crippen molar-refractivity contribution >= 4 is 0 Å². The van der Waals surface area contributed by atoms with Crippen molar-refractivity contribution in [3.8, 4) is 0 Å². The van der Waals surface area contributed by atoms with Crippen molar-refractivity contribution in [2.24, 2.45) is 11.8 Å². The standard InChI is InChI=1S/C38H54O/c1-5-29(6-2)25-31-9-17-35(18-10-31)37-21-13-33(14-22-37)27-39-28-34-15-23-38(24-16-34)36-19-11-32(12-20-36)26-30(7-3)8-4/h9-13,15,17-20,29-30,37-38H,5-8,14,16,21-28H2,1-4H3. The van der Waals surface area contributed by atoms with Crippen LogP contribution in [0.25, 0.3) is 0 Å². The molecule has 0 N–H and O–H groups in total. The first-order valence-electron chi connectivity index (χ1n) is 16.2. The Bertz CT molecular complexity index is 948. The van der Waals surface area contributed by atoms with E-state index in [4.69, 9.17) is 4.74 Å². The fraction of sp³-hybridized carbons (Fsp3) is 0.579. The summed E-state index contributed by atoms with van der Waals surface area (Å²) >= 11 is 0. The van der Waals surface area contributed by atoms with Gasteiger partial charge in [-0.15, -0.1) is 0 Å². The van der Waals surface area contributed by atoms with Gasteiger partial charge in [-0.05, 0) is 108 Å². The van der Waals surface area contributed by atoms with Gasteiger partial charge in [0.1, 0.15) is 0 Å². The van der Waals surface area contributed by atoms with E-state index in [-0.39, 0.29) is 0 Å². The minimum atomic E-state index is 0.669. The van der Waals surface area contributed by atoms with Gasteiger partial charge in [-0.1, -0.05) is 114 Å². The Kier molecular flexibility index (Phi) is 11.9. The molecular formula is C38H54O. The Morgan fingerprint density at radius 3 is 1.28 bits per heavy atom. The maximum absolute atomic E-state index is 6.21. The summed E-state index contributed by atoms with van der Waals surface area (Å²) in [6.45, 7) is 10.9. The SMILES string of the molecule is CCC(CC)Cc1ccc(C2CC=C(COCC3=CCC(c4ccc(CC(CC)CC)cc4)CC3)CC2)cc1. The Labute approximate surface area is 240 Å². The van der Waals surface area contributed by atoms with Gasteiger partial charge >= 0.3 is 0 Å². The van der Waals surface area contributed by atoms with E-state index in [1.165, 1.54) is 97.6 Å². The number of hydrogen-bond donors (Lipinski definition) is 0. The quantitative estimate of drug-likeness (QED) is 0.222. The second-order valence-corrected chi connectivity index (χ2v) is 12.4. The monoisotopic (exact) mass is 526 g/mol. The maximum atomic E-state index is 6.21. The van der Waals surface area contributed by atoms with E-state index >= 15 is 0 Å². The zero-order valence-electron chi connectivity index (χ0n) is 25.4. The molecule has 0 saturated carbocycles. The molecule has 1 nitrogen and oxygen atoms in total. The molecule has 0 amide bonds. The van der Waals surface area contributed by atoms with Crippen LogP contribution >= 0.6 is 0 Å². The average Bonchev–Trinajstić information content (AvgIpc) is 3.00. The van der Waals surface area contributed by atoms with Gasteiger partial charge in [0.2, 0.25) is 0 Å². The molecule has 0 saturated heterocycles. The first-order chi connectivity index (χ1) is 19.1. The summed E-state index contributed by atoms with van der Waals surface area (Å²) in [6.07, 6.45) is 19.7. The summed E-state index contributed by atoms with van der Waals surface area (Å²) < 4.78 is 6.21. The molecular weight excluding hydrogens is 472 g/mol. The molecule has 0 radical (unpaired) electrons. The molecule has 2 aliphatic rings. The third-order valence-corrected chi connectivity index (χ3v) is 9.85. The molecule has 0 spiro atoms. The van der Waals surface area contributed by atoms with E-state index in [0.717, 1.165) is 37.9 Å². The molecule has 2 unspecified atom stereocenters. The summed E-state index contributed by atoms with van der Waals surface area (Å²) in [5.41, 5.74) is 9.03. The van der Waals surface area contributed by atoms with Crippen LogP contribution in [0.4, 0.5) is 0 Å². The molecule has 0 heterocycles. The fourth-order valence-electron chi connectivity index (χ4n) is 6.63. The second-order valence-electron chi connectivity index (χ2n) is 12.4. The Morgan fingerprint density at radius 2 is 0.974 bits per heavy atom. The van der Waals surface area contributed by atoms with Gasteiger partial charge in [-0.25, -0.2) is 0 Å². The van der Waals surface area contributed by atoms with Gasteiger partial charge in [-0.3, -0.25) is 0 Å². The van der Waals surface area contributed by atoms with E-state index in [9.17, 15) is 0 Å². The lowest BCUT2D eigenvalue weighted by molar-refractivity contribution is 0.172. The van der Waals surface area contributed by atoms with Gasteiger partial charge in [-0.2, -0.15) is 0 Å². The van der Waals surface area contributed by atoms with Gasteiger partial charge in [0, 0.05) is 0 Å². The minimum Gasteiger partial charge on any atom is -0.373 e. The Hall–Kier alpha value is -2.12. The van der Waals surface area contributed by atoms with Crippen LogP contribution in [0, 0.1) is 11.8 Å². The molecule has 2 aromatic carbocycles. The zero-order chi connectivity index (χ0) is 27.5. The summed E-state index contributed by atoms with van der Waals surface area (Å²) in [5, 5.41) is 0. The lowest BCUT2D eigenvalue weighted by Gasteiger charge is -2.24. The van der Waals surface area contributed by atoms with Crippen LogP contribution in [-0.4, -0.2) is 13.2 Å². The molecule has 0 aromatic heterocycles. The molecule has 2 atom stereocenters. The summed E-state index contributed by atoms with van der Waals surface area (Å²) in [7, 11) is 0. The van der Waals surface area contributed by atoms with E-state index in [1.807, 2.05) is 0 Å². The highest BCUT2D eigenvalue weighted by Gasteiger charge is 2.19. The molecule has 2 aromatic rings. The lowest BCUT2D eigenvalue weighted by Crippen LogP contribution is -2.11. The zero-order valence-corrected chi connectivity index (χ0v) is 25.4. The van der Waals surface area contributed by atoms with Gasteiger partial charge < -0.3 is 4.74 Å². The second kappa shape index (κ2) is 15.6. The highest BCUT2D eigenvalue weighted by molar-refractivity contribution is 5.29. The van der Waals surface area contributed by atoms with Crippen LogP contribution in [0.3, 0.4) is 0 Å². The number of hydrogen-bond acceptors (Lipinski definition) is 1. The summed E-state index contributed by atoms with van der Waals surface area (Å²) in [5.74, 6) is 2.98. The summed E-state index contributed by atoms with van der Waals surface area (Å²) in [6, 6.07) is 19.1. The van der Waals surface area contributed by atoms with Crippen LogP contribution in [0.5, 0.6) is 0 Å². The van der Waals surface area contributed by atoms with Crippen molar-refractivity contribution in [3.05, 3.63) is 94.1 Å². The van der Waals surface area contributed by atoms with Gasteiger partial charge in [0.15, 0.2) is 0 Å². The van der Waals surface area contributed by atoms with Crippen molar-refractivity contribution in [3.63, 3.8) is 0 Å². The van der Waals surface area contributed by atoms with Crippen LogP contribution < -0.4 is 0 Å². The molecule has 4 rings (SSSR count). The molecule has 0 aliphatic heterocycles. The largest absolute Gasteiger partial charge is 0.373 e. The smallest absolute Gasteiger partial charge is 0.0681 e. The van der Waals surface area contributed by atoms with Crippen molar-refractivity contribution in [1.29, 1.82) is 0 Å². The first-order valence-corrected chi connectivity index (χ1v) is 16.2. The maximum Gasteiger partial charge on any atom is 0.0681 e. The van der Waals surface area contributed by atoms with Crippen molar-refractivity contribution in [1.82, 2.24) is 0 Å². The Morgan fingerprint density at radius 1 is 0.590 bits per heavy atom. The summed E-state index contributed by atoms with van der Waals surface area (Å²) in [4.78, 5) is 0. The van der Waals surface area contributed by atoms with E-state index < -0.39 is 0 Å². The molecule has 0 bridgehead atoms. The highest BCUT2D eigenvalue weighted by Crippen LogP contribution is 2.34. The van der Waals surface area contributed by atoms with Crippen molar-refractivity contribution < 1.29 is 4.74 Å². The number of ether oxygens (including phenoxy) is 1. The predicted octanol–water partition coefficient (Wildman–Crippen LogP) is 10.7. The topological polar surface area (TPSA) is 9.23 Å². The molecule has 2 aliphatic carbocycles. The minimum absolute atomic E-state index is 0.669. The fourth-order valence-corrected chi connectivity index (χ4v) is 6.63. The van der Waals surface area contributed by atoms with E-state index in [1.54, 1.807) is 0 Å². The third-order valence-electron chi connectivity index (χ3n) is 9.85. The van der Waals surface area contributed by atoms with Gasteiger partial charge in [0.25, 0.3) is 0 Å². The highest BCUT2D eigenvalue weighted by atomic mass is 16.5. The first kappa shape index (κ1) is 29.9. The molecule has 1 heteroatoms. The predicted molar refractivity (Wildman–Crippen MR) is 169 cm³/mol. The number of benzene rings is 2. The van der Waals surface area contributed by atoms with E-state index in [2.05, 4.69) is 88.4 Å². The average molecular weight is 527 g/mol. The van der Waals surface area contributed by atoms with Crippen LogP contribution in [0.1, 0.15) is 126 Å². The van der Waals surface area contributed by atoms with Crippen LogP contribution in [0.2, 0.25) is 0 Å². The van der Waals surface area contributed by atoms with Gasteiger partial charge in [0.05, 0.1) is 13.2 Å². The van der Waals surface area contributed by atoms with Crippen LogP contribution in [-0.2, 0) is 17.6 Å². The van der Waals surface area contributed by atoms with Crippen molar-refractivity contribution in [2.45, 2.75) is 117 Å². The normalized spacial score (nSPS) is 19.8. The van der Waals surface area contributed by atoms with Crippen molar-refractivity contribution in [2.75, 3.05) is 13.2 Å². The lowest BCUT2D eigenvalue weighted by atomic mass is 9.84. The molecule has 0 fully saturated rings. The van der Waals surface area contributed by atoms with E-state index in [0.29, 0.717) is 11.8 Å².